The van der Waals surface area contributed by atoms with E-state index in [0.717, 1.165) is 27.8 Å². The van der Waals surface area contributed by atoms with E-state index in [1.807, 2.05) is 58.0 Å². The number of carboxylic acids is 1. The van der Waals surface area contributed by atoms with Gasteiger partial charge in [0.1, 0.15) is 0 Å². The van der Waals surface area contributed by atoms with Crippen molar-refractivity contribution in [1.82, 2.24) is 0 Å². The van der Waals surface area contributed by atoms with E-state index in [1.54, 1.807) is 0 Å². The molecule has 3 heteroatoms. The van der Waals surface area contributed by atoms with Crippen LogP contribution in [0.3, 0.4) is 0 Å². The minimum atomic E-state index is -0.858. The average Bonchev–Trinajstić information content (AvgIpc) is 2.36. The number of carboxylic acid groups (broad SMARTS) is 1. The monoisotopic (exact) mass is 304 g/mol. The molecule has 0 bridgehead atoms. The fourth-order valence-electron chi connectivity index (χ4n) is 2.66. The van der Waals surface area contributed by atoms with Crippen molar-refractivity contribution in [2.45, 2.75) is 33.6 Å². The second-order valence-corrected chi connectivity index (χ2v) is 5.61. The molecule has 0 radical (unpaired) electrons. The summed E-state index contributed by atoms with van der Waals surface area (Å²) in [5.41, 5.74) is 5.37. The SMILES string of the molecule is Cc1cc(C)cc(-c2cccc(C(C)C)c2C(=O)O)c1.Cl. The Labute approximate surface area is 132 Å². The van der Waals surface area contributed by atoms with Gasteiger partial charge in [-0.15, -0.1) is 12.4 Å². The van der Waals surface area contributed by atoms with Crippen molar-refractivity contribution < 1.29 is 9.90 Å². The molecule has 0 atom stereocenters. The normalized spacial score (nSPS) is 10.3. The van der Waals surface area contributed by atoms with E-state index in [-0.39, 0.29) is 18.3 Å². The van der Waals surface area contributed by atoms with Crippen LogP contribution in [0.1, 0.15) is 46.8 Å². The third-order valence-electron chi connectivity index (χ3n) is 3.47. The van der Waals surface area contributed by atoms with E-state index in [4.69, 9.17) is 0 Å². The van der Waals surface area contributed by atoms with Gasteiger partial charge in [0.25, 0.3) is 0 Å². The average molecular weight is 305 g/mol. The number of hydrogen-bond acceptors (Lipinski definition) is 1. The quantitative estimate of drug-likeness (QED) is 0.844. The van der Waals surface area contributed by atoms with Crippen LogP contribution < -0.4 is 0 Å². The smallest absolute Gasteiger partial charge is 0.336 e. The predicted molar refractivity (Wildman–Crippen MR) is 89.6 cm³/mol. The van der Waals surface area contributed by atoms with Crippen LogP contribution in [0.15, 0.2) is 36.4 Å². The molecule has 0 spiro atoms. The summed E-state index contributed by atoms with van der Waals surface area (Å²) >= 11 is 0. The van der Waals surface area contributed by atoms with Crippen LogP contribution in [-0.4, -0.2) is 11.1 Å². The van der Waals surface area contributed by atoms with Crippen LogP contribution in [0.4, 0.5) is 0 Å². The Morgan fingerprint density at radius 3 is 2.10 bits per heavy atom. The molecular formula is C18H21ClO2. The summed E-state index contributed by atoms with van der Waals surface area (Å²) in [4.78, 5) is 11.7. The molecule has 2 rings (SSSR count). The lowest BCUT2D eigenvalue weighted by Crippen LogP contribution is -2.06. The van der Waals surface area contributed by atoms with Gasteiger partial charge in [0.15, 0.2) is 0 Å². The Hall–Kier alpha value is -1.80. The Bertz CT molecular complexity index is 640. The van der Waals surface area contributed by atoms with Crippen molar-refractivity contribution in [3.8, 4) is 11.1 Å². The molecule has 2 aromatic carbocycles. The van der Waals surface area contributed by atoms with E-state index in [1.165, 1.54) is 0 Å². The number of halogens is 1. The molecule has 0 aliphatic heterocycles. The Morgan fingerprint density at radius 1 is 1.05 bits per heavy atom. The van der Waals surface area contributed by atoms with Gasteiger partial charge in [0, 0.05) is 0 Å². The molecule has 0 aliphatic rings. The van der Waals surface area contributed by atoms with Crippen molar-refractivity contribution >= 4 is 18.4 Å². The van der Waals surface area contributed by atoms with Crippen molar-refractivity contribution in [2.24, 2.45) is 0 Å². The van der Waals surface area contributed by atoms with Gasteiger partial charge in [-0.25, -0.2) is 4.79 Å². The zero-order valence-corrected chi connectivity index (χ0v) is 13.6. The van der Waals surface area contributed by atoms with Gasteiger partial charge in [-0.3, -0.25) is 0 Å². The first kappa shape index (κ1) is 17.3. The van der Waals surface area contributed by atoms with E-state index in [9.17, 15) is 9.90 Å². The van der Waals surface area contributed by atoms with Gasteiger partial charge in [0.2, 0.25) is 0 Å². The van der Waals surface area contributed by atoms with Gasteiger partial charge in [0.05, 0.1) is 5.56 Å². The number of carbonyl (C=O) groups is 1. The van der Waals surface area contributed by atoms with Gasteiger partial charge >= 0.3 is 5.97 Å². The minimum Gasteiger partial charge on any atom is -0.478 e. The molecular weight excluding hydrogens is 284 g/mol. The maximum Gasteiger partial charge on any atom is 0.336 e. The second kappa shape index (κ2) is 6.77. The third kappa shape index (κ3) is 3.64. The minimum absolute atomic E-state index is 0. The van der Waals surface area contributed by atoms with E-state index < -0.39 is 5.97 Å². The number of hydrogen-bond donors (Lipinski definition) is 1. The van der Waals surface area contributed by atoms with Crippen LogP contribution in [0.25, 0.3) is 11.1 Å². The molecule has 0 unspecified atom stereocenters. The van der Waals surface area contributed by atoms with Crippen LogP contribution in [0.2, 0.25) is 0 Å². The van der Waals surface area contributed by atoms with Crippen molar-refractivity contribution in [3.63, 3.8) is 0 Å². The van der Waals surface area contributed by atoms with E-state index >= 15 is 0 Å². The summed E-state index contributed by atoms with van der Waals surface area (Å²) in [6.07, 6.45) is 0. The molecule has 2 aromatic rings. The molecule has 1 N–H and O–H groups in total. The number of benzene rings is 2. The van der Waals surface area contributed by atoms with Gasteiger partial charge in [-0.1, -0.05) is 61.4 Å². The van der Waals surface area contributed by atoms with E-state index in [0.29, 0.717) is 5.56 Å². The second-order valence-electron chi connectivity index (χ2n) is 5.61. The molecule has 0 aromatic heterocycles. The van der Waals surface area contributed by atoms with Gasteiger partial charge in [-0.05, 0) is 36.5 Å². The fraction of sp³-hybridized carbons (Fsp3) is 0.278. The summed E-state index contributed by atoms with van der Waals surface area (Å²) in [7, 11) is 0. The summed E-state index contributed by atoms with van der Waals surface area (Å²) in [6, 6.07) is 11.9. The van der Waals surface area contributed by atoms with Crippen LogP contribution in [-0.2, 0) is 0 Å². The highest BCUT2D eigenvalue weighted by Crippen LogP contribution is 2.31. The lowest BCUT2D eigenvalue weighted by molar-refractivity contribution is 0.0696. The van der Waals surface area contributed by atoms with Gasteiger partial charge in [-0.2, -0.15) is 0 Å². The highest BCUT2D eigenvalue weighted by Gasteiger charge is 2.18. The Balaban J connectivity index is 0.00000220. The maximum absolute atomic E-state index is 11.7. The molecule has 112 valence electrons. The standard InChI is InChI=1S/C18H20O2.ClH/c1-11(2)15-6-5-7-16(17(15)18(19)20)14-9-12(3)8-13(4)10-14;/h5-11H,1-4H3,(H,19,20);1H. The summed E-state index contributed by atoms with van der Waals surface area (Å²) in [5, 5.41) is 9.60. The highest BCUT2D eigenvalue weighted by molar-refractivity contribution is 5.98. The molecule has 21 heavy (non-hydrogen) atoms. The molecule has 0 heterocycles. The lowest BCUT2D eigenvalue weighted by Gasteiger charge is -2.15. The zero-order valence-electron chi connectivity index (χ0n) is 12.8. The van der Waals surface area contributed by atoms with E-state index in [2.05, 4.69) is 6.07 Å². The number of aromatic carboxylic acids is 1. The summed E-state index contributed by atoms with van der Waals surface area (Å²) in [5.74, 6) is -0.671. The van der Waals surface area contributed by atoms with Crippen molar-refractivity contribution in [3.05, 3.63) is 58.7 Å². The Kier molecular flexibility index (Phi) is 5.56. The molecule has 0 fully saturated rings. The first-order valence-electron chi connectivity index (χ1n) is 6.85. The molecule has 2 nitrogen and oxygen atoms in total. The number of aryl methyl sites for hydroxylation is 2. The molecule has 0 aliphatic carbocycles. The first-order chi connectivity index (χ1) is 9.40. The predicted octanol–water partition coefficient (Wildman–Crippen LogP) is 5.21. The fourth-order valence-corrected chi connectivity index (χ4v) is 2.66. The third-order valence-corrected chi connectivity index (χ3v) is 3.47. The number of rotatable bonds is 3. The summed E-state index contributed by atoms with van der Waals surface area (Å²) in [6.45, 7) is 8.10. The zero-order chi connectivity index (χ0) is 14.9. The Morgan fingerprint density at radius 2 is 1.62 bits per heavy atom. The maximum atomic E-state index is 11.7. The lowest BCUT2D eigenvalue weighted by atomic mass is 9.89. The van der Waals surface area contributed by atoms with Crippen LogP contribution >= 0.6 is 12.4 Å². The van der Waals surface area contributed by atoms with Crippen LogP contribution in [0.5, 0.6) is 0 Å². The van der Waals surface area contributed by atoms with Crippen LogP contribution in [0, 0.1) is 13.8 Å². The summed E-state index contributed by atoms with van der Waals surface area (Å²) < 4.78 is 0. The molecule has 0 saturated carbocycles. The van der Waals surface area contributed by atoms with Crippen molar-refractivity contribution in [2.75, 3.05) is 0 Å². The first-order valence-corrected chi connectivity index (χ1v) is 6.85. The molecule has 0 saturated heterocycles. The van der Waals surface area contributed by atoms with Crippen molar-refractivity contribution in [1.29, 1.82) is 0 Å². The molecule has 0 amide bonds. The van der Waals surface area contributed by atoms with Gasteiger partial charge < -0.3 is 5.11 Å². The largest absolute Gasteiger partial charge is 0.478 e. The highest BCUT2D eigenvalue weighted by atomic mass is 35.5. The topological polar surface area (TPSA) is 37.3 Å².